The molecule has 1 heterocycles. The molecular formula is C16H17NO2. The molecule has 0 aliphatic carbocycles. The maximum absolute atomic E-state index is 9.53. The van der Waals surface area contributed by atoms with Crippen LogP contribution < -0.4 is 4.90 Å². The highest BCUT2D eigenvalue weighted by molar-refractivity contribution is 5.58. The summed E-state index contributed by atoms with van der Waals surface area (Å²) in [6.07, 6.45) is 0.742. The Bertz CT molecular complexity index is 541. The molecule has 2 aromatic rings. The molecule has 2 aromatic carbocycles. The first-order chi connectivity index (χ1) is 9.38. The second kappa shape index (κ2) is 5.43. The third kappa shape index (κ3) is 2.48. The molecule has 98 valence electrons. The normalized spacial score (nSPS) is 17.5. The first-order valence-corrected chi connectivity index (χ1v) is 6.49. The monoisotopic (exact) mass is 255 g/mol. The van der Waals surface area contributed by atoms with Gasteiger partial charge in [0.25, 0.3) is 0 Å². The summed E-state index contributed by atoms with van der Waals surface area (Å²) >= 11 is 0. The summed E-state index contributed by atoms with van der Waals surface area (Å²) in [4.78, 5) is 1.90. The Morgan fingerprint density at radius 3 is 2.58 bits per heavy atom. The lowest BCUT2D eigenvalue weighted by molar-refractivity contribution is 0.0331. The smallest absolute Gasteiger partial charge is 0.136 e. The van der Waals surface area contributed by atoms with Crippen LogP contribution in [0.5, 0.6) is 0 Å². The molecule has 1 atom stereocenters. The predicted octanol–water partition coefficient (Wildman–Crippen LogP) is 2.54. The molecule has 1 N–H and O–H groups in total. The number of ether oxygens (including phenoxy) is 1. The van der Waals surface area contributed by atoms with Crippen molar-refractivity contribution in [2.75, 3.05) is 11.6 Å². The van der Waals surface area contributed by atoms with E-state index in [1.807, 2.05) is 53.4 Å². The van der Waals surface area contributed by atoms with Gasteiger partial charge in [-0.1, -0.05) is 48.5 Å². The third-order valence-corrected chi connectivity index (χ3v) is 3.48. The Labute approximate surface area is 113 Å². The number of hydrogen-bond acceptors (Lipinski definition) is 3. The van der Waals surface area contributed by atoms with E-state index in [9.17, 15) is 5.11 Å². The molecule has 3 nitrogen and oxygen atoms in total. The van der Waals surface area contributed by atoms with Crippen molar-refractivity contribution in [3.63, 3.8) is 0 Å². The SMILES string of the molecule is OCN1c2ccccc2CC1OCc1ccccc1. The Morgan fingerprint density at radius 2 is 1.79 bits per heavy atom. The van der Waals surface area contributed by atoms with Crippen LogP contribution in [0.2, 0.25) is 0 Å². The van der Waals surface area contributed by atoms with E-state index in [0.29, 0.717) is 6.61 Å². The molecule has 0 aromatic heterocycles. The zero-order valence-corrected chi connectivity index (χ0v) is 10.7. The number of benzene rings is 2. The van der Waals surface area contributed by atoms with Crippen LogP contribution in [0.25, 0.3) is 0 Å². The van der Waals surface area contributed by atoms with Crippen LogP contribution in [0.15, 0.2) is 54.6 Å². The van der Waals surface area contributed by atoms with E-state index in [2.05, 4.69) is 6.07 Å². The van der Waals surface area contributed by atoms with Crippen LogP contribution in [0.4, 0.5) is 5.69 Å². The minimum absolute atomic E-state index is 0.0174. The van der Waals surface area contributed by atoms with Crippen LogP contribution in [-0.2, 0) is 17.8 Å². The van der Waals surface area contributed by atoms with Gasteiger partial charge in [-0.15, -0.1) is 0 Å². The van der Waals surface area contributed by atoms with E-state index in [1.54, 1.807) is 0 Å². The van der Waals surface area contributed by atoms with Crippen molar-refractivity contribution in [2.24, 2.45) is 0 Å². The minimum atomic E-state index is -0.0809. The van der Waals surface area contributed by atoms with Gasteiger partial charge < -0.3 is 14.7 Å². The summed E-state index contributed by atoms with van der Waals surface area (Å²) in [5.41, 5.74) is 3.45. The van der Waals surface area contributed by atoms with Crippen molar-refractivity contribution in [1.29, 1.82) is 0 Å². The minimum Gasteiger partial charge on any atom is -0.376 e. The summed E-state index contributed by atoms with van der Waals surface area (Å²) in [7, 11) is 0. The molecule has 0 fully saturated rings. The molecular weight excluding hydrogens is 238 g/mol. The molecule has 0 bridgehead atoms. The number of rotatable bonds is 4. The van der Waals surface area contributed by atoms with Crippen LogP contribution in [0, 0.1) is 0 Å². The standard InChI is InChI=1S/C16H17NO2/c18-12-17-15-9-5-4-8-14(15)10-16(17)19-11-13-6-2-1-3-7-13/h1-9,16,18H,10-12H2. The summed E-state index contributed by atoms with van der Waals surface area (Å²) in [6, 6.07) is 18.2. The molecule has 0 radical (unpaired) electrons. The number of aliphatic hydroxyl groups excluding tert-OH is 1. The van der Waals surface area contributed by atoms with Crippen LogP contribution in [0.3, 0.4) is 0 Å². The molecule has 0 amide bonds. The summed E-state index contributed by atoms with van der Waals surface area (Å²) in [5, 5.41) is 9.53. The fraction of sp³-hybridized carbons (Fsp3) is 0.250. The summed E-state index contributed by atoms with van der Waals surface area (Å²) in [6.45, 7) is 0.548. The lowest BCUT2D eigenvalue weighted by Gasteiger charge is -2.25. The maximum atomic E-state index is 9.53. The van der Waals surface area contributed by atoms with Gasteiger partial charge in [-0.3, -0.25) is 0 Å². The number of aliphatic hydroxyl groups is 1. The molecule has 0 saturated heterocycles. The largest absolute Gasteiger partial charge is 0.376 e. The quantitative estimate of drug-likeness (QED) is 0.911. The van der Waals surface area contributed by atoms with Gasteiger partial charge in [-0.25, -0.2) is 0 Å². The molecule has 0 spiro atoms. The van der Waals surface area contributed by atoms with Gasteiger partial charge in [-0.2, -0.15) is 0 Å². The lowest BCUT2D eigenvalue weighted by Crippen LogP contribution is -2.34. The Balaban J connectivity index is 1.70. The first kappa shape index (κ1) is 12.2. The maximum Gasteiger partial charge on any atom is 0.136 e. The predicted molar refractivity (Wildman–Crippen MR) is 74.7 cm³/mol. The van der Waals surface area contributed by atoms with Crippen molar-refractivity contribution >= 4 is 5.69 Å². The number of nitrogens with zero attached hydrogens (tertiary/aromatic N) is 1. The van der Waals surface area contributed by atoms with Crippen molar-refractivity contribution < 1.29 is 9.84 Å². The van der Waals surface area contributed by atoms with Gasteiger partial charge >= 0.3 is 0 Å². The van der Waals surface area contributed by atoms with Crippen molar-refractivity contribution in [3.8, 4) is 0 Å². The number of fused-ring (bicyclic) bond motifs is 1. The Hall–Kier alpha value is -1.84. The second-order valence-corrected chi connectivity index (χ2v) is 4.70. The molecule has 3 rings (SSSR count). The summed E-state index contributed by atoms with van der Waals surface area (Å²) in [5.74, 6) is 0. The highest BCUT2D eigenvalue weighted by Crippen LogP contribution is 2.32. The van der Waals surface area contributed by atoms with E-state index in [0.717, 1.165) is 17.7 Å². The van der Waals surface area contributed by atoms with E-state index >= 15 is 0 Å². The second-order valence-electron chi connectivity index (χ2n) is 4.70. The van der Waals surface area contributed by atoms with E-state index < -0.39 is 0 Å². The van der Waals surface area contributed by atoms with Crippen molar-refractivity contribution in [3.05, 3.63) is 65.7 Å². The average Bonchev–Trinajstić information content (AvgIpc) is 2.83. The average molecular weight is 255 g/mol. The zero-order chi connectivity index (χ0) is 13.1. The zero-order valence-electron chi connectivity index (χ0n) is 10.7. The van der Waals surface area contributed by atoms with E-state index in [4.69, 9.17) is 4.74 Å². The van der Waals surface area contributed by atoms with Crippen LogP contribution in [-0.4, -0.2) is 18.1 Å². The highest BCUT2D eigenvalue weighted by Gasteiger charge is 2.28. The van der Waals surface area contributed by atoms with Gasteiger partial charge in [0.15, 0.2) is 0 Å². The fourth-order valence-corrected chi connectivity index (χ4v) is 2.50. The molecule has 1 unspecified atom stereocenters. The Morgan fingerprint density at radius 1 is 1.05 bits per heavy atom. The highest BCUT2D eigenvalue weighted by atomic mass is 16.5. The number of anilines is 1. The van der Waals surface area contributed by atoms with Gasteiger partial charge in [0.05, 0.1) is 6.61 Å². The molecule has 1 aliphatic heterocycles. The molecule has 0 saturated carbocycles. The van der Waals surface area contributed by atoms with Gasteiger partial charge in [0.1, 0.15) is 13.0 Å². The third-order valence-electron chi connectivity index (χ3n) is 3.48. The Kier molecular flexibility index (Phi) is 3.49. The number of hydrogen-bond donors (Lipinski definition) is 1. The van der Waals surface area contributed by atoms with Crippen molar-refractivity contribution in [2.45, 2.75) is 19.3 Å². The lowest BCUT2D eigenvalue weighted by atomic mass is 10.2. The molecule has 3 heteroatoms. The van der Waals surface area contributed by atoms with Gasteiger partial charge in [-0.05, 0) is 17.2 Å². The molecule has 19 heavy (non-hydrogen) atoms. The van der Waals surface area contributed by atoms with Crippen molar-refractivity contribution in [1.82, 2.24) is 0 Å². The van der Waals surface area contributed by atoms with E-state index in [-0.39, 0.29) is 13.0 Å². The fourth-order valence-electron chi connectivity index (χ4n) is 2.50. The van der Waals surface area contributed by atoms with Gasteiger partial charge in [0.2, 0.25) is 0 Å². The molecule has 1 aliphatic rings. The summed E-state index contributed by atoms with van der Waals surface area (Å²) < 4.78 is 5.94. The van der Waals surface area contributed by atoms with E-state index in [1.165, 1.54) is 5.56 Å². The van der Waals surface area contributed by atoms with Gasteiger partial charge in [0, 0.05) is 12.1 Å². The van der Waals surface area contributed by atoms with Crippen LogP contribution >= 0.6 is 0 Å². The topological polar surface area (TPSA) is 32.7 Å². The van der Waals surface area contributed by atoms with Crippen LogP contribution in [0.1, 0.15) is 11.1 Å². The number of para-hydroxylation sites is 1. The first-order valence-electron chi connectivity index (χ1n) is 6.49.